The molecule has 0 spiro atoms. The molecule has 0 saturated heterocycles. The average Bonchev–Trinajstić information content (AvgIpc) is 2.52. The smallest absolute Gasteiger partial charge is 0.326 e. The summed E-state index contributed by atoms with van der Waals surface area (Å²) in [5.41, 5.74) is -1.61. The van der Waals surface area contributed by atoms with Crippen molar-refractivity contribution in [2.45, 2.75) is 32.1 Å². The molecule has 2 aromatic rings. The molecule has 2 aromatic carbocycles. The first kappa shape index (κ1) is 19.8. The van der Waals surface area contributed by atoms with Gasteiger partial charge in [-0.15, -0.1) is 0 Å². The van der Waals surface area contributed by atoms with Crippen LogP contribution in [0.25, 0.3) is 0 Å². The number of anilines is 1. The summed E-state index contributed by atoms with van der Waals surface area (Å²) in [4.78, 5) is 11.9. The zero-order valence-electron chi connectivity index (χ0n) is 13.6. The molecule has 0 fully saturated rings. The number of carbonyl (C=O) groups is 1. The van der Waals surface area contributed by atoms with Gasteiger partial charge in [0.15, 0.2) is 0 Å². The fraction of sp³-hybridized carbons (Fsp3) is 0.278. The van der Waals surface area contributed by atoms with Crippen molar-refractivity contribution >= 4 is 11.6 Å². The Hall–Kier alpha value is -2.51. The highest BCUT2D eigenvalue weighted by molar-refractivity contribution is 5.91. The molecule has 2 rings (SSSR count). The number of alkyl halides is 6. The topological polar surface area (TPSA) is 29.1 Å². The van der Waals surface area contributed by atoms with Gasteiger partial charge in [0, 0.05) is 12.1 Å². The van der Waals surface area contributed by atoms with Gasteiger partial charge in [0.1, 0.15) is 0 Å². The molecular weight excluding hydrogens is 360 g/mol. The van der Waals surface area contributed by atoms with Crippen LogP contribution in [0.5, 0.6) is 0 Å². The molecule has 0 radical (unpaired) electrons. The van der Waals surface area contributed by atoms with Crippen LogP contribution in [0.15, 0.2) is 42.5 Å². The molecule has 26 heavy (non-hydrogen) atoms. The van der Waals surface area contributed by atoms with Crippen molar-refractivity contribution in [3.63, 3.8) is 0 Å². The van der Waals surface area contributed by atoms with Crippen molar-refractivity contribution in [1.82, 2.24) is 0 Å². The fourth-order valence-electron chi connectivity index (χ4n) is 2.26. The van der Waals surface area contributed by atoms with Gasteiger partial charge in [0.25, 0.3) is 0 Å². The van der Waals surface area contributed by atoms with Crippen LogP contribution >= 0.6 is 0 Å². The first-order valence-corrected chi connectivity index (χ1v) is 7.60. The maximum Gasteiger partial charge on any atom is 0.416 e. The molecule has 0 aromatic heterocycles. The van der Waals surface area contributed by atoms with E-state index in [1.165, 1.54) is 0 Å². The third-order valence-corrected chi connectivity index (χ3v) is 3.63. The van der Waals surface area contributed by atoms with Gasteiger partial charge in [-0.2, -0.15) is 26.3 Å². The van der Waals surface area contributed by atoms with Gasteiger partial charge in [-0.3, -0.25) is 4.79 Å². The van der Waals surface area contributed by atoms with Gasteiger partial charge in [-0.25, -0.2) is 0 Å². The van der Waals surface area contributed by atoms with Crippen LogP contribution in [-0.4, -0.2) is 5.91 Å². The first-order valence-electron chi connectivity index (χ1n) is 7.60. The highest BCUT2D eigenvalue weighted by atomic mass is 19.4. The van der Waals surface area contributed by atoms with E-state index >= 15 is 0 Å². The Labute approximate surface area is 145 Å². The molecule has 1 amide bonds. The van der Waals surface area contributed by atoms with Gasteiger partial charge in [-0.05, 0) is 37.1 Å². The molecule has 8 heteroatoms. The van der Waals surface area contributed by atoms with Gasteiger partial charge in [0.05, 0.1) is 11.1 Å². The number of aryl methyl sites for hydroxylation is 2. The summed E-state index contributed by atoms with van der Waals surface area (Å²) < 4.78 is 76.8. The Bertz CT molecular complexity index is 745. The van der Waals surface area contributed by atoms with E-state index in [-0.39, 0.29) is 12.5 Å². The average molecular weight is 375 g/mol. The van der Waals surface area contributed by atoms with Crippen molar-refractivity contribution in [2.75, 3.05) is 5.32 Å². The molecule has 0 atom stereocenters. The second kappa shape index (κ2) is 7.39. The predicted molar refractivity (Wildman–Crippen MR) is 84.6 cm³/mol. The number of amides is 1. The zero-order chi connectivity index (χ0) is 19.5. The van der Waals surface area contributed by atoms with Crippen molar-refractivity contribution in [3.05, 3.63) is 64.7 Å². The van der Waals surface area contributed by atoms with Crippen LogP contribution < -0.4 is 5.32 Å². The predicted octanol–water partition coefficient (Wildman–Crippen LogP) is 5.60. The number of carbonyl (C=O) groups excluding carboxylic acids is 1. The standard InChI is InChI=1S/C18H15F6NO/c1-11-2-4-12(5-3-11)6-7-16(26)25-15-9-13(17(19,20)21)8-14(10-15)18(22,23)24/h2-5,8-10H,6-7H2,1H3,(H,25,26). The van der Waals surface area contributed by atoms with Crippen LogP contribution in [0.2, 0.25) is 0 Å². The Morgan fingerprint density at radius 2 is 1.38 bits per heavy atom. The highest BCUT2D eigenvalue weighted by Crippen LogP contribution is 2.37. The molecule has 0 aliphatic carbocycles. The minimum Gasteiger partial charge on any atom is -0.326 e. The molecule has 0 aliphatic rings. The molecule has 2 nitrogen and oxygen atoms in total. The summed E-state index contributed by atoms with van der Waals surface area (Å²) in [7, 11) is 0. The summed E-state index contributed by atoms with van der Waals surface area (Å²) in [6.45, 7) is 1.89. The lowest BCUT2D eigenvalue weighted by Gasteiger charge is -2.14. The number of hydrogen-bond acceptors (Lipinski definition) is 1. The van der Waals surface area contributed by atoms with E-state index in [0.29, 0.717) is 18.6 Å². The van der Waals surface area contributed by atoms with Gasteiger partial charge in [-0.1, -0.05) is 29.8 Å². The maximum atomic E-state index is 12.8. The molecule has 0 heterocycles. The molecule has 1 N–H and O–H groups in total. The Morgan fingerprint density at radius 1 is 0.885 bits per heavy atom. The lowest BCUT2D eigenvalue weighted by Crippen LogP contribution is -2.16. The summed E-state index contributed by atoms with van der Waals surface area (Å²) in [6, 6.07) is 8.27. The van der Waals surface area contributed by atoms with Crippen molar-refractivity contribution in [3.8, 4) is 0 Å². The van der Waals surface area contributed by atoms with Gasteiger partial charge in [0.2, 0.25) is 5.91 Å². The quantitative estimate of drug-likeness (QED) is 0.692. The third kappa shape index (κ3) is 5.50. The van der Waals surface area contributed by atoms with Gasteiger partial charge < -0.3 is 5.32 Å². The van der Waals surface area contributed by atoms with Crippen LogP contribution in [0, 0.1) is 6.92 Å². The highest BCUT2D eigenvalue weighted by Gasteiger charge is 2.37. The summed E-state index contributed by atoms with van der Waals surface area (Å²) in [6.07, 6.45) is -9.66. The van der Waals surface area contributed by atoms with E-state index in [1.807, 2.05) is 19.1 Å². The Morgan fingerprint density at radius 3 is 1.85 bits per heavy atom. The molecule has 0 saturated carbocycles. The summed E-state index contributed by atoms with van der Waals surface area (Å²) in [5, 5.41) is 2.11. The van der Waals surface area contributed by atoms with Crippen LogP contribution in [0.4, 0.5) is 32.0 Å². The normalized spacial score (nSPS) is 12.1. The SMILES string of the molecule is Cc1ccc(CCC(=O)Nc2cc(C(F)(F)F)cc(C(F)(F)F)c2)cc1. The molecule has 0 bridgehead atoms. The largest absolute Gasteiger partial charge is 0.416 e. The number of benzene rings is 2. The van der Waals surface area contributed by atoms with E-state index < -0.39 is 35.1 Å². The van der Waals surface area contributed by atoms with Crippen molar-refractivity contribution in [2.24, 2.45) is 0 Å². The molecule has 0 unspecified atom stereocenters. The van der Waals surface area contributed by atoms with Crippen molar-refractivity contribution < 1.29 is 31.1 Å². The molecule has 140 valence electrons. The fourth-order valence-corrected chi connectivity index (χ4v) is 2.26. The first-order chi connectivity index (χ1) is 11.9. The second-order valence-electron chi connectivity index (χ2n) is 5.83. The van der Waals surface area contributed by atoms with E-state index in [4.69, 9.17) is 0 Å². The summed E-state index contributed by atoms with van der Waals surface area (Å²) >= 11 is 0. The number of nitrogens with one attached hydrogen (secondary N) is 1. The van der Waals surface area contributed by atoms with Crippen LogP contribution in [0.1, 0.15) is 28.7 Å². The Kier molecular flexibility index (Phi) is 5.63. The maximum absolute atomic E-state index is 12.8. The van der Waals surface area contributed by atoms with Crippen LogP contribution in [-0.2, 0) is 23.6 Å². The molecule has 0 aliphatic heterocycles. The van der Waals surface area contributed by atoms with E-state index in [0.717, 1.165) is 11.1 Å². The van der Waals surface area contributed by atoms with Crippen LogP contribution in [0.3, 0.4) is 0 Å². The third-order valence-electron chi connectivity index (χ3n) is 3.63. The molecular formula is C18H15F6NO. The van der Waals surface area contributed by atoms with E-state index in [9.17, 15) is 31.1 Å². The monoisotopic (exact) mass is 375 g/mol. The van der Waals surface area contributed by atoms with E-state index in [2.05, 4.69) is 5.32 Å². The minimum atomic E-state index is -4.96. The Balaban J connectivity index is 2.14. The number of rotatable bonds is 4. The lowest BCUT2D eigenvalue weighted by molar-refractivity contribution is -0.143. The summed E-state index contributed by atoms with van der Waals surface area (Å²) in [5.74, 6) is -0.668. The van der Waals surface area contributed by atoms with E-state index in [1.54, 1.807) is 12.1 Å². The van der Waals surface area contributed by atoms with Gasteiger partial charge >= 0.3 is 12.4 Å². The second-order valence-corrected chi connectivity index (χ2v) is 5.83. The van der Waals surface area contributed by atoms with Crippen molar-refractivity contribution in [1.29, 1.82) is 0 Å². The zero-order valence-corrected chi connectivity index (χ0v) is 13.6. The lowest BCUT2D eigenvalue weighted by atomic mass is 10.1. The number of halogens is 6. The minimum absolute atomic E-state index is 0.0158. The number of hydrogen-bond donors (Lipinski definition) is 1.